The van der Waals surface area contributed by atoms with E-state index < -0.39 is 30.0 Å². The number of halogens is 1. The van der Waals surface area contributed by atoms with Crippen LogP contribution in [-0.4, -0.2) is 40.3 Å². The summed E-state index contributed by atoms with van der Waals surface area (Å²) in [7, 11) is -1.95. The van der Waals surface area contributed by atoms with E-state index in [1.807, 2.05) is 0 Å². The van der Waals surface area contributed by atoms with Crippen molar-refractivity contribution >= 4 is 35.5 Å². The average molecular weight is 356 g/mol. The molecule has 1 aromatic rings. The summed E-state index contributed by atoms with van der Waals surface area (Å²) in [6, 6.07) is 1.02. The summed E-state index contributed by atoms with van der Waals surface area (Å²) < 4.78 is 50.8. The Morgan fingerprint density at radius 2 is 2.19 bits per heavy atom. The molecule has 1 N–H and O–H groups in total. The Hall–Kier alpha value is -1.06. The Morgan fingerprint density at radius 1 is 1.52 bits per heavy atom. The van der Waals surface area contributed by atoms with Gasteiger partial charge >= 0.3 is 0 Å². The van der Waals surface area contributed by atoms with Crippen LogP contribution in [0.2, 0.25) is 0 Å². The minimum absolute atomic E-state index is 0.00337. The summed E-state index contributed by atoms with van der Waals surface area (Å²) in [6.07, 6.45) is 1.08. The van der Waals surface area contributed by atoms with Gasteiger partial charge in [0.15, 0.2) is 15.6 Å². The van der Waals surface area contributed by atoms with E-state index in [0.29, 0.717) is 12.8 Å². The van der Waals surface area contributed by atoms with Crippen LogP contribution in [0.5, 0.6) is 0 Å². The molecule has 118 valence electrons. The zero-order chi connectivity index (χ0) is 15.8. The molecule has 1 saturated heterocycles. The van der Waals surface area contributed by atoms with Crippen LogP contribution in [0.1, 0.15) is 29.2 Å². The maximum atomic E-state index is 11.9. The summed E-state index contributed by atoms with van der Waals surface area (Å²) >= 11 is 0. The Balaban J connectivity index is 2.08. The van der Waals surface area contributed by atoms with Crippen LogP contribution in [0.25, 0.3) is 0 Å². The van der Waals surface area contributed by atoms with Gasteiger partial charge < -0.3 is 9.73 Å². The van der Waals surface area contributed by atoms with Gasteiger partial charge in [0.1, 0.15) is 10.7 Å². The van der Waals surface area contributed by atoms with Crippen LogP contribution in [-0.2, 0) is 18.9 Å². The quantitative estimate of drug-likeness (QED) is 0.800. The zero-order valence-electron chi connectivity index (χ0n) is 11.1. The van der Waals surface area contributed by atoms with E-state index in [-0.39, 0.29) is 28.7 Å². The Labute approximate surface area is 127 Å². The number of nitrogens with one attached hydrogen (secondary N) is 1. The third-order valence-electron chi connectivity index (χ3n) is 3.31. The molecule has 0 bridgehead atoms. The second kappa shape index (κ2) is 5.62. The molecule has 1 aliphatic heterocycles. The van der Waals surface area contributed by atoms with Gasteiger partial charge in [0.05, 0.1) is 11.0 Å². The van der Waals surface area contributed by atoms with E-state index >= 15 is 0 Å². The summed E-state index contributed by atoms with van der Waals surface area (Å²) in [5.41, 5.74) is 0. The first-order valence-corrected chi connectivity index (χ1v) is 10.2. The predicted octanol–water partition coefficient (Wildman–Crippen LogP) is 0.823. The normalized spacial score (nSPS) is 21.3. The average Bonchev–Trinajstić information content (AvgIpc) is 2.88. The molecule has 1 amide bonds. The minimum Gasteiger partial charge on any atom is -0.455 e. The van der Waals surface area contributed by atoms with Crippen LogP contribution in [0.15, 0.2) is 15.4 Å². The largest absolute Gasteiger partial charge is 0.455 e. The number of carbonyl (C=O) groups excluding carboxylic acids is 1. The first kappa shape index (κ1) is 16.3. The minimum atomic E-state index is -3.99. The van der Waals surface area contributed by atoms with Crippen LogP contribution < -0.4 is 5.32 Å². The van der Waals surface area contributed by atoms with E-state index in [1.165, 1.54) is 6.92 Å². The maximum Gasteiger partial charge on any atom is 0.287 e. The van der Waals surface area contributed by atoms with Gasteiger partial charge in [0.2, 0.25) is 0 Å². The molecule has 2 rings (SSSR count). The molecule has 2 heterocycles. The molecule has 0 radical (unpaired) electrons. The fourth-order valence-electron chi connectivity index (χ4n) is 2.20. The van der Waals surface area contributed by atoms with Crippen molar-refractivity contribution < 1.29 is 26.0 Å². The number of carbonyl (C=O) groups is 1. The van der Waals surface area contributed by atoms with Gasteiger partial charge in [-0.3, -0.25) is 4.79 Å². The summed E-state index contributed by atoms with van der Waals surface area (Å²) in [5.74, 6) is -0.764. The molecule has 0 saturated carbocycles. The highest BCUT2D eigenvalue weighted by Crippen LogP contribution is 2.24. The van der Waals surface area contributed by atoms with Crippen molar-refractivity contribution in [1.29, 1.82) is 0 Å². The van der Waals surface area contributed by atoms with Crippen LogP contribution >= 0.6 is 10.7 Å². The molecule has 0 aliphatic carbocycles. The van der Waals surface area contributed by atoms with Gasteiger partial charge in [-0.15, -0.1) is 0 Å². The third kappa shape index (κ3) is 3.58. The molecule has 0 aromatic carbocycles. The monoisotopic (exact) mass is 355 g/mol. The van der Waals surface area contributed by atoms with Crippen molar-refractivity contribution in [3.63, 3.8) is 0 Å². The highest BCUT2D eigenvalue weighted by atomic mass is 35.7. The SMILES string of the molecule is Cc1oc(C(=O)NCC2CCCS2(=O)=O)cc1S(=O)(=O)Cl. The lowest BCUT2D eigenvalue weighted by Gasteiger charge is -2.09. The standard InChI is InChI=1S/C11H14ClNO6S2/c1-7-10(21(12,17)18)5-9(19-7)11(14)13-6-8-3-2-4-20(8,15)16/h5,8H,2-4,6H2,1H3,(H,13,14). The van der Waals surface area contributed by atoms with Crippen LogP contribution in [0.3, 0.4) is 0 Å². The van der Waals surface area contributed by atoms with E-state index in [2.05, 4.69) is 5.32 Å². The van der Waals surface area contributed by atoms with Gasteiger partial charge in [0.25, 0.3) is 15.0 Å². The number of hydrogen-bond acceptors (Lipinski definition) is 6. The van der Waals surface area contributed by atoms with Crippen LogP contribution in [0.4, 0.5) is 0 Å². The van der Waals surface area contributed by atoms with Gasteiger partial charge in [0, 0.05) is 23.3 Å². The Bertz CT molecular complexity index is 765. The lowest BCUT2D eigenvalue weighted by atomic mass is 10.2. The van der Waals surface area contributed by atoms with Crippen LogP contribution in [0, 0.1) is 6.92 Å². The van der Waals surface area contributed by atoms with Crippen molar-refractivity contribution in [3.05, 3.63) is 17.6 Å². The summed E-state index contributed by atoms with van der Waals surface area (Å²) in [5, 5.41) is 1.84. The topological polar surface area (TPSA) is 111 Å². The van der Waals surface area contributed by atoms with Crippen molar-refractivity contribution in [2.45, 2.75) is 29.9 Å². The molecule has 1 unspecified atom stereocenters. The number of sulfone groups is 1. The fourth-order valence-corrected chi connectivity index (χ4v) is 5.06. The summed E-state index contributed by atoms with van der Waals surface area (Å²) in [4.78, 5) is 11.6. The Kier molecular flexibility index (Phi) is 4.36. The van der Waals surface area contributed by atoms with Crippen molar-refractivity contribution in [3.8, 4) is 0 Å². The first-order chi connectivity index (χ1) is 9.61. The molecule has 1 atom stereocenters. The number of hydrogen-bond donors (Lipinski definition) is 1. The number of amides is 1. The fraction of sp³-hybridized carbons (Fsp3) is 0.545. The molecule has 7 nitrogen and oxygen atoms in total. The first-order valence-electron chi connectivity index (χ1n) is 6.16. The molecule has 21 heavy (non-hydrogen) atoms. The van der Waals surface area contributed by atoms with Crippen molar-refractivity contribution in [1.82, 2.24) is 5.32 Å². The zero-order valence-corrected chi connectivity index (χ0v) is 13.5. The van der Waals surface area contributed by atoms with Gasteiger partial charge in [-0.05, 0) is 19.8 Å². The molecular weight excluding hydrogens is 342 g/mol. The van der Waals surface area contributed by atoms with E-state index in [0.717, 1.165) is 6.07 Å². The van der Waals surface area contributed by atoms with E-state index in [4.69, 9.17) is 15.1 Å². The maximum absolute atomic E-state index is 11.9. The molecule has 0 spiro atoms. The second-order valence-corrected chi connectivity index (χ2v) is 9.75. The smallest absolute Gasteiger partial charge is 0.287 e. The molecule has 10 heteroatoms. The predicted molar refractivity (Wildman–Crippen MR) is 75.6 cm³/mol. The van der Waals surface area contributed by atoms with Gasteiger partial charge in [-0.25, -0.2) is 16.8 Å². The van der Waals surface area contributed by atoms with E-state index in [1.54, 1.807) is 0 Å². The molecule has 1 aliphatic rings. The molecule has 1 fully saturated rings. The highest BCUT2D eigenvalue weighted by Gasteiger charge is 2.32. The number of furan rings is 1. The Morgan fingerprint density at radius 3 is 2.67 bits per heavy atom. The van der Waals surface area contributed by atoms with Crippen molar-refractivity contribution in [2.75, 3.05) is 12.3 Å². The molecular formula is C11H14ClNO6S2. The number of aryl methyl sites for hydroxylation is 1. The highest BCUT2D eigenvalue weighted by molar-refractivity contribution is 8.13. The van der Waals surface area contributed by atoms with Gasteiger partial charge in [-0.1, -0.05) is 0 Å². The second-order valence-electron chi connectivity index (χ2n) is 4.81. The van der Waals surface area contributed by atoms with E-state index in [9.17, 15) is 21.6 Å². The lowest BCUT2D eigenvalue weighted by molar-refractivity contribution is 0.0924. The molecule has 1 aromatic heterocycles. The van der Waals surface area contributed by atoms with Gasteiger partial charge in [-0.2, -0.15) is 0 Å². The third-order valence-corrected chi connectivity index (χ3v) is 7.02. The summed E-state index contributed by atoms with van der Waals surface area (Å²) in [6.45, 7) is 1.34. The number of rotatable bonds is 4. The lowest BCUT2D eigenvalue weighted by Crippen LogP contribution is -2.34. The van der Waals surface area contributed by atoms with Crippen molar-refractivity contribution in [2.24, 2.45) is 0 Å².